The van der Waals surface area contributed by atoms with Gasteiger partial charge in [-0.3, -0.25) is 9.59 Å². The van der Waals surface area contributed by atoms with Gasteiger partial charge in [-0.05, 0) is 43.5 Å². The molecule has 0 spiro atoms. The minimum Gasteiger partial charge on any atom is -0.274 e. The van der Waals surface area contributed by atoms with Crippen molar-refractivity contribution in [3.63, 3.8) is 0 Å². The predicted octanol–water partition coefficient (Wildman–Crippen LogP) is 2.84. The van der Waals surface area contributed by atoms with Crippen molar-refractivity contribution in [1.29, 1.82) is 0 Å². The summed E-state index contributed by atoms with van der Waals surface area (Å²) < 4.78 is 0. The topological polar surface area (TPSA) is 43.9 Å². The van der Waals surface area contributed by atoms with Gasteiger partial charge in [0.1, 0.15) is 6.04 Å². The zero-order valence-electron chi connectivity index (χ0n) is 15.6. The number of aryl methyl sites for hydroxylation is 2. The van der Waals surface area contributed by atoms with Crippen molar-refractivity contribution < 1.29 is 9.59 Å². The molecule has 5 heteroatoms. The molecule has 3 heterocycles. The molecule has 3 atom stereocenters. The first-order valence-electron chi connectivity index (χ1n) is 9.60. The molecule has 3 aliphatic rings. The maximum absolute atomic E-state index is 13.4. The molecule has 0 radical (unpaired) electrons. The summed E-state index contributed by atoms with van der Waals surface area (Å²) in [5, 5.41) is 4.40. The van der Waals surface area contributed by atoms with Crippen LogP contribution in [0.2, 0.25) is 0 Å². The Bertz CT molecular complexity index is 923. The first-order chi connectivity index (χ1) is 13.1. The van der Waals surface area contributed by atoms with Crippen LogP contribution < -0.4 is 4.90 Å². The number of carbonyl (C=O) groups excluding carboxylic acids is 2. The molecule has 5 nitrogen and oxygen atoms in total. The van der Waals surface area contributed by atoms with Crippen LogP contribution in [0.1, 0.15) is 29.2 Å². The van der Waals surface area contributed by atoms with Crippen LogP contribution in [-0.2, 0) is 9.59 Å². The second-order valence-electron chi connectivity index (χ2n) is 7.86. The van der Waals surface area contributed by atoms with Gasteiger partial charge in [-0.25, -0.2) is 14.9 Å². The number of amides is 2. The molecular weight excluding hydrogens is 338 g/mol. The van der Waals surface area contributed by atoms with Crippen LogP contribution in [0.3, 0.4) is 0 Å². The van der Waals surface area contributed by atoms with E-state index in [4.69, 9.17) is 0 Å². The van der Waals surface area contributed by atoms with Crippen LogP contribution >= 0.6 is 0 Å². The smallest absolute Gasteiger partial charge is 0.253 e. The summed E-state index contributed by atoms with van der Waals surface area (Å²) in [5.74, 6) is -0.506. The van der Waals surface area contributed by atoms with Crippen molar-refractivity contribution in [3.8, 4) is 0 Å². The number of nitrogens with zero attached hydrogens (tertiary/aromatic N) is 3. The van der Waals surface area contributed by atoms with Gasteiger partial charge in [0.2, 0.25) is 5.91 Å². The Morgan fingerprint density at radius 3 is 2.22 bits per heavy atom. The normalized spacial score (nSPS) is 28.1. The lowest BCUT2D eigenvalue weighted by atomic mass is 9.89. The van der Waals surface area contributed by atoms with Crippen molar-refractivity contribution in [3.05, 3.63) is 65.2 Å². The summed E-state index contributed by atoms with van der Waals surface area (Å²) in [6, 6.07) is 15.6. The first-order valence-corrected chi connectivity index (χ1v) is 9.60. The van der Waals surface area contributed by atoms with Crippen molar-refractivity contribution >= 4 is 17.5 Å². The summed E-state index contributed by atoms with van der Waals surface area (Å²) >= 11 is 0. The molecule has 2 amide bonds. The number of anilines is 1. The Labute approximate surface area is 159 Å². The fourth-order valence-corrected chi connectivity index (χ4v) is 4.90. The van der Waals surface area contributed by atoms with Crippen molar-refractivity contribution in [2.45, 2.75) is 32.4 Å². The third-order valence-electron chi connectivity index (χ3n) is 6.08. The minimum absolute atomic E-state index is 0.0654. The first kappa shape index (κ1) is 16.7. The van der Waals surface area contributed by atoms with Gasteiger partial charge in [0.05, 0.1) is 17.6 Å². The highest BCUT2D eigenvalue weighted by Crippen LogP contribution is 2.48. The Kier molecular flexibility index (Phi) is 3.71. The molecule has 5 rings (SSSR count). The number of imide groups is 1. The number of carbonyl (C=O) groups is 2. The van der Waals surface area contributed by atoms with Crippen LogP contribution in [0.15, 0.2) is 48.5 Å². The van der Waals surface area contributed by atoms with Gasteiger partial charge in [0.15, 0.2) is 0 Å². The molecule has 2 aromatic carbocycles. The van der Waals surface area contributed by atoms with Gasteiger partial charge < -0.3 is 0 Å². The van der Waals surface area contributed by atoms with Crippen LogP contribution in [0.5, 0.6) is 0 Å². The van der Waals surface area contributed by atoms with E-state index in [9.17, 15) is 9.59 Å². The molecule has 3 fully saturated rings. The quantitative estimate of drug-likeness (QED) is 0.772. The lowest BCUT2D eigenvalue weighted by Gasteiger charge is -2.29. The molecule has 2 aromatic rings. The second-order valence-corrected chi connectivity index (χ2v) is 7.86. The van der Waals surface area contributed by atoms with Crippen molar-refractivity contribution in [2.24, 2.45) is 5.92 Å². The van der Waals surface area contributed by atoms with E-state index in [1.54, 1.807) is 0 Å². The van der Waals surface area contributed by atoms with Crippen molar-refractivity contribution in [2.75, 3.05) is 18.0 Å². The van der Waals surface area contributed by atoms with E-state index in [0.29, 0.717) is 5.69 Å². The Morgan fingerprint density at radius 2 is 1.52 bits per heavy atom. The van der Waals surface area contributed by atoms with Crippen LogP contribution in [0.4, 0.5) is 5.69 Å². The number of hydrazine groups is 1. The molecule has 0 aliphatic carbocycles. The van der Waals surface area contributed by atoms with E-state index in [-0.39, 0.29) is 29.8 Å². The van der Waals surface area contributed by atoms with Gasteiger partial charge in [-0.2, -0.15) is 0 Å². The van der Waals surface area contributed by atoms with Gasteiger partial charge in [0.25, 0.3) is 5.91 Å². The summed E-state index contributed by atoms with van der Waals surface area (Å²) in [7, 11) is 0. The van der Waals surface area contributed by atoms with Gasteiger partial charge in [0, 0.05) is 13.1 Å². The molecule has 3 saturated heterocycles. The molecular formula is C22H23N3O2. The maximum atomic E-state index is 13.4. The minimum atomic E-state index is -0.383. The summed E-state index contributed by atoms with van der Waals surface area (Å²) in [5.41, 5.74) is 4.05. The second kappa shape index (κ2) is 6.01. The highest BCUT2D eigenvalue weighted by atomic mass is 16.2. The summed E-state index contributed by atoms with van der Waals surface area (Å²) in [6.07, 6.45) is 1.03. The average Bonchev–Trinajstić information content (AvgIpc) is 3.28. The fourth-order valence-electron chi connectivity index (χ4n) is 4.90. The standard InChI is InChI=1S/C22H23N3O2/c1-14-7-9-16(10-8-14)19-18-20(24-12-4-11-23(19)24)22(27)25(21(18)26)17-6-3-5-15(2)13-17/h3,5-10,13,18-20H,4,11-12H2,1-2H3/t18-,19+,20-/m1/s1. The Hall–Kier alpha value is -2.50. The highest BCUT2D eigenvalue weighted by Gasteiger charge is 2.62. The van der Waals surface area contributed by atoms with E-state index >= 15 is 0 Å². The van der Waals surface area contributed by atoms with E-state index in [0.717, 1.165) is 30.6 Å². The van der Waals surface area contributed by atoms with E-state index in [1.807, 2.05) is 31.2 Å². The third kappa shape index (κ3) is 2.38. The number of hydrogen-bond acceptors (Lipinski definition) is 4. The SMILES string of the molecule is Cc1ccc([C@H]2[C@H]3C(=O)N(c4cccc(C)c4)C(=O)[C@@H]3N3CCCN23)cc1. The van der Waals surface area contributed by atoms with Gasteiger partial charge >= 0.3 is 0 Å². The molecule has 0 unspecified atom stereocenters. The van der Waals surface area contributed by atoms with Crippen LogP contribution in [-0.4, -0.2) is 41.0 Å². The predicted molar refractivity (Wildman–Crippen MR) is 103 cm³/mol. The van der Waals surface area contributed by atoms with Gasteiger partial charge in [-0.15, -0.1) is 0 Å². The van der Waals surface area contributed by atoms with E-state index in [1.165, 1.54) is 10.5 Å². The number of rotatable bonds is 2. The number of benzene rings is 2. The Morgan fingerprint density at radius 1 is 0.815 bits per heavy atom. The highest BCUT2D eigenvalue weighted by molar-refractivity contribution is 6.24. The van der Waals surface area contributed by atoms with Crippen LogP contribution in [0, 0.1) is 19.8 Å². The lowest BCUT2D eigenvalue weighted by Crippen LogP contribution is -2.44. The molecule has 0 N–H and O–H groups in total. The molecule has 3 aliphatic heterocycles. The molecule has 27 heavy (non-hydrogen) atoms. The number of hydrogen-bond donors (Lipinski definition) is 0. The molecule has 0 bridgehead atoms. The largest absolute Gasteiger partial charge is 0.274 e. The molecule has 138 valence electrons. The molecule has 0 saturated carbocycles. The third-order valence-corrected chi connectivity index (χ3v) is 6.08. The monoisotopic (exact) mass is 361 g/mol. The fraction of sp³-hybridized carbons (Fsp3) is 0.364. The number of fused-ring (bicyclic) bond motifs is 3. The average molecular weight is 361 g/mol. The summed E-state index contributed by atoms with van der Waals surface area (Å²) in [4.78, 5) is 28.2. The van der Waals surface area contributed by atoms with E-state index < -0.39 is 0 Å². The zero-order chi connectivity index (χ0) is 18.7. The lowest BCUT2D eigenvalue weighted by molar-refractivity contribution is -0.126. The van der Waals surface area contributed by atoms with Crippen LogP contribution in [0.25, 0.3) is 0 Å². The van der Waals surface area contributed by atoms with Gasteiger partial charge in [-0.1, -0.05) is 42.0 Å². The Balaban J connectivity index is 1.59. The van der Waals surface area contributed by atoms with Crippen molar-refractivity contribution in [1.82, 2.24) is 10.0 Å². The maximum Gasteiger partial charge on any atom is 0.253 e. The van der Waals surface area contributed by atoms with E-state index in [2.05, 4.69) is 41.2 Å². The summed E-state index contributed by atoms with van der Waals surface area (Å²) in [6.45, 7) is 5.78. The molecule has 0 aromatic heterocycles. The zero-order valence-corrected chi connectivity index (χ0v) is 15.6.